The number of rotatable bonds is 5. The molecule has 1 heterocycles. The van der Waals surface area contributed by atoms with Crippen LogP contribution in [-0.4, -0.2) is 36.1 Å². The van der Waals surface area contributed by atoms with E-state index >= 15 is 0 Å². The average molecular weight is 327 g/mol. The molecule has 1 unspecified atom stereocenters. The van der Waals surface area contributed by atoms with Gasteiger partial charge in [-0.3, -0.25) is 0 Å². The number of aryl methyl sites for hydroxylation is 1. The lowest BCUT2D eigenvalue weighted by Gasteiger charge is -2.16. The van der Waals surface area contributed by atoms with Crippen LogP contribution in [-0.2, 0) is 10.0 Å². The fraction of sp³-hybridized carbons (Fsp3) is 0.667. The molecule has 0 saturated heterocycles. The van der Waals surface area contributed by atoms with E-state index in [4.69, 9.17) is 0 Å². The van der Waals surface area contributed by atoms with Crippen molar-refractivity contribution in [1.82, 2.24) is 9.29 Å². The second-order valence-corrected chi connectivity index (χ2v) is 8.66. The van der Waals surface area contributed by atoms with Crippen molar-refractivity contribution in [3.05, 3.63) is 11.2 Å². The predicted molar refractivity (Wildman–Crippen MR) is 69.7 cm³/mol. The third kappa shape index (κ3) is 3.51. The highest BCUT2D eigenvalue weighted by Gasteiger charge is 2.22. The summed E-state index contributed by atoms with van der Waals surface area (Å²) in [5, 5.41) is 0.765. The summed E-state index contributed by atoms with van der Waals surface area (Å²) in [4.78, 5) is 4.28. The number of hydrogen-bond donors (Lipinski definition) is 0. The zero-order valence-corrected chi connectivity index (χ0v) is 12.7. The van der Waals surface area contributed by atoms with E-state index in [2.05, 4.69) is 20.9 Å². The van der Waals surface area contributed by atoms with Crippen molar-refractivity contribution in [2.24, 2.45) is 0 Å². The van der Waals surface area contributed by atoms with Crippen molar-refractivity contribution in [2.45, 2.75) is 29.3 Å². The van der Waals surface area contributed by atoms with Gasteiger partial charge in [-0.2, -0.15) is 0 Å². The Labute approximate surface area is 109 Å². The minimum absolute atomic E-state index is 0.313. The Bertz CT molecular complexity index is 442. The summed E-state index contributed by atoms with van der Waals surface area (Å²) in [5.41, 5.74) is 0. The van der Waals surface area contributed by atoms with Crippen LogP contribution in [0.5, 0.6) is 0 Å². The van der Waals surface area contributed by atoms with E-state index in [-0.39, 0.29) is 0 Å². The Morgan fingerprint density at radius 2 is 2.25 bits per heavy atom. The van der Waals surface area contributed by atoms with Crippen molar-refractivity contribution >= 4 is 37.3 Å². The molecule has 0 amide bonds. The van der Waals surface area contributed by atoms with Crippen LogP contribution in [0.25, 0.3) is 0 Å². The third-order valence-corrected chi connectivity index (χ3v) is 5.77. The number of aromatic nitrogens is 1. The smallest absolute Gasteiger partial charge is 0.249 e. The summed E-state index contributed by atoms with van der Waals surface area (Å²) in [6.45, 7) is 4.30. The van der Waals surface area contributed by atoms with E-state index < -0.39 is 10.0 Å². The Morgan fingerprint density at radius 1 is 1.62 bits per heavy atom. The maximum atomic E-state index is 12.0. The largest absolute Gasteiger partial charge is 0.253 e. The van der Waals surface area contributed by atoms with Gasteiger partial charge in [-0.05, 0) is 13.3 Å². The molecule has 0 aliphatic rings. The molecular formula is C9H15BrN2O2S2. The van der Waals surface area contributed by atoms with E-state index in [0.717, 1.165) is 11.4 Å². The normalized spacial score (nSPS) is 14.3. The second kappa shape index (κ2) is 5.57. The van der Waals surface area contributed by atoms with Crippen LogP contribution in [0.4, 0.5) is 0 Å². The lowest BCUT2D eigenvalue weighted by Crippen LogP contribution is -2.28. The SMILES string of the molecule is Cc1ncc(S(=O)(=O)N(C)CCC(C)Br)s1. The fourth-order valence-corrected chi connectivity index (χ4v) is 3.80. The van der Waals surface area contributed by atoms with Crippen molar-refractivity contribution in [3.8, 4) is 0 Å². The molecule has 0 aliphatic heterocycles. The van der Waals surface area contributed by atoms with Crippen LogP contribution < -0.4 is 0 Å². The van der Waals surface area contributed by atoms with Crippen LogP contribution in [0.2, 0.25) is 0 Å². The van der Waals surface area contributed by atoms with E-state index in [1.165, 1.54) is 21.8 Å². The second-order valence-electron chi connectivity index (χ2n) is 3.59. The molecule has 1 aromatic heterocycles. The minimum Gasteiger partial charge on any atom is -0.249 e. The van der Waals surface area contributed by atoms with Crippen molar-refractivity contribution < 1.29 is 8.42 Å². The highest BCUT2D eigenvalue weighted by atomic mass is 79.9. The van der Waals surface area contributed by atoms with Crippen LogP contribution in [0.3, 0.4) is 0 Å². The molecule has 16 heavy (non-hydrogen) atoms. The maximum Gasteiger partial charge on any atom is 0.253 e. The highest BCUT2D eigenvalue weighted by molar-refractivity contribution is 9.09. The van der Waals surface area contributed by atoms with Crippen molar-refractivity contribution in [3.63, 3.8) is 0 Å². The van der Waals surface area contributed by atoms with Gasteiger partial charge < -0.3 is 0 Å². The van der Waals surface area contributed by atoms with Gasteiger partial charge in [0, 0.05) is 18.4 Å². The number of sulfonamides is 1. The molecule has 0 radical (unpaired) electrons. The number of thiazole rings is 1. The molecule has 0 bridgehead atoms. The van der Waals surface area contributed by atoms with Crippen LogP contribution in [0, 0.1) is 6.92 Å². The lowest BCUT2D eigenvalue weighted by molar-refractivity contribution is 0.463. The highest BCUT2D eigenvalue weighted by Crippen LogP contribution is 2.21. The number of halogens is 1. The molecular weight excluding hydrogens is 312 g/mol. The van der Waals surface area contributed by atoms with Crippen LogP contribution in [0.1, 0.15) is 18.4 Å². The first kappa shape index (κ1) is 14.1. The molecule has 7 heteroatoms. The van der Waals surface area contributed by atoms with Gasteiger partial charge in [-0.15, -0.1) is 11.3 Å². The Hall–Kier alpha value is 0.0200. The summed E-state index contributed by atoms with van der Waals surface area (Å²) in [5.74, 6) is 0. The van der Waals surface area contributed by atoms with Gasteiger partial charge in [0.1, 0.15) is 0 Å². The van der Waals surface area contributed by atoms with E-state index in [1.54, 1.807) is 14.0 Å². The fourth-order valence-electron chi connectivity index (χ4n) is 1.09. The van der Waals surface area contributed by atoms with Gasteiger partial charge in [0.25, 0.3) is 10.0 Å². The topological polar surface area (TPSA) is 50.3 Å². The molecule has 0 fully saturated rings. The lowest BCUT2D eigenvalue weighted by atomic mass is 10.3. The molecule has 1 rings (SSSR count). The van der Waals surface area contributed by atoms with Gasteiger partial charge in [0.15, 0.2) is 4.21 Å². The van der Waals surface area contributed by atoms with Gasteiger partial charge in [0.05, 0.1) is 11.2 Å². The van der Waals surface area contributed by atoms with Crippen LogP contribution >= 0.6 is 27.3 Å². The number of hydrogen-bond acceptors (Lipinski definition) is 4. The first-order chi connectivity index (χ1) is 7.34. The number of nitrogens with zero attached hydrogens (tertiary/aromatic N) is 2. The Kier molecular flexibility index (Phi) is 4.90. The van der Waals surface area contributed by atoms with Crippen molar-refractivity contribution in [1.29, 1.82) is 0 Å². The maximum absolute atomic E-state index is 12.0. The molecule has 0 spiro atoms. The quantitative estimate of drug-likeness (QED) is 0.780. The summed E-state index contributed by atoms with van der Waals surface area (Å²) in [6, 6.07) is 0. The zero-order valence-electron chi connectivity index (χ0n) is 9.47. The summed E-state index contributed by atoms with van der Waals surface area (Å²) in [6.07, 6.45) is 2.21. The number of alkyl halides is 1. The first-order valence-corrected chi connectivity index (χ1v) is 8.04. The van der Waals surface area contributed by atoms with Gasteiger partial charge in [-0.1, -0.05) is 22.9 Å². The van der Waals surface area contributed by atoms with E-state index in [1.807, 2.05) is 6.92 Å². The predicted octanol–water partition coefficient (Wildman–Crippen LogP) is 2.25. The standard InChI is InChI=1S/C9H15BrN2O2S2/c1-7(10)4-5-12(3)16(13,14)9-6-11-8(2)15-9/h6-7H,4-5H2,1-3H3. The molecule has 1 atom stereocenters. The molecule has 0 N–H and O–H groups in total. The van der Waals surface area contributed by atoms with Gasteiger partial charge in [0.2, 0.25) is 0 Å². The molecule has 0 aromatic carbocycles. The zero-order chi connectivity index (χ0) is 12.3. The third-order valence-electron chi connectivity index (χ3n) is 2.11. The molecule has 4 nitrogen and oxygen atoms in total. The monoisotopic (exact) mass is 326 g/mol. The van der Waals surface area contributed by atoms with Gasteiger partial charge >= 0.3 is 0 Å². The van der Waals surface area contributed by atoms with E-state index in [0.29, 0.717) is 15.6 Å². The Morgan fingerprint density at radius 3 is 2.69 bits per heavy atom. The molecule has 92 valence electrons. The average Bonchev–Trinajstić information content (AvgIpc) is 2.61. The van der Waals surface area contributed by atoms with Crippen molar-refractivity contribution in [2.75, 3.05) is 13.6 Å². The first-order valence-electron chi connectivity index (χ1n) is 4.87. The van der Waals surface area contributed by atoms with Gasteiger partial charge in [-0.25, -0.2) is 17.7 Å². The molecule has 0 aliphatic carbocycles. The van der Waals surface area contributed by atoms with Crippen LogP contribution in [0.15, 0.2) is 10.4 Å². The summed E-state index contributed by atoms with van der Waals surface area (Å²) >= 11 is 4.60. The minimum atomic E-state index is -3.35. The molecule has 0 saturated carbocycles. The van der Waals surface area contributed by atoms with E-state index in [9.17, 15) is 8.42 Å². The summed E-state index contributed by atoms with van der Waals surface area (Å²) in [7, 11) is -1.75. The summed E-state index contributed by atoms with van der Waals surface area (Å²) < 4.78 is 25.8. The Balaban J connectivity index is 2.78. The molecule has 1 aromatic rings.